The van der Waals surface area contributed by atoms with Gasteiger partial charge in [0.05, 0.1) is 17.4 Å². The molecular weight excluding hydrogens is 328 g/mol. The van der Waals surface area contributed by atoms with Crippen molar-refractivity contribution in [1.29, 1.82) is 0 Å². The summed E-state index contributed by atoms with van der Waals surface area (Å²) in [5.41, 5.74) is 0.899. The number of hydrogen-bond acceptors (Lipinski definition) is 4. The van der Waals surface area contributed by atoms with Crippen molar-refractivity contribution in [3.63, 3.8) is 0 Å². The van der Waals surface area contributed by atoms with Crippen LogP contribution in [-0.2, 0) is 10.0 Å². The lowest BCUT2D eigenvalue weighted by Crippen LogP contribution is -2.12. The van der Waals surface area contributed by atoms with Gasteiger partial charge in [0.2, 0.25) is 0 Å². The summed E-state index contributed by atoms with van der Waals surface area (Å²) in [5.74, 6) is 0.208. The van der Waals surface area contributed by atoms with E-state index in [1.165, 1.54) is 19.2 Å². The SMILES string of the molecule is Cc1ncc(S(=O)(=O)Nc2ccc(C)c3c(C(F)F)c[nH]c23)o1. The number of aryl methyl sites for hydroxylation is 2. The molecule has 23 heavy (non-hydrogen) atoms. The molecule has 9 heteroatoms. The molecule has 0 atom stereocenters. The van der Waals surface area contributed by atoms with Gasteiger partial charge >= 0.3 is 0 Å². The van der Waals surface area contributed by atoms with Gasteiger partial charge < -0.3 is 9.40 Å². The van der Waals surface area contributed by atoms with E-state index in [4.69, 9.17) is 4.42 Å². The van der Waals surface area contributed by atoms with E-state index < -0.39 is 16.4 Å². The van der Waals surface area contributed by atoms with E-state index in [0.29, 0.717) is 16.5 Å². The third-order valence-corrected chi connectivity index (χ3v) is 4.63. The molecule has 0 fully saturated rings. The Morgan fingerprint density at radius 3 is 2.65 bits per heavy atom. The van der Waals surface area contributed by atoms with E-state index in [2.05, 4.69) is 14.7 Å². The van der Waals surface area contributed by atoms with E-state index in [0.717, 1.165) is 6.20 Å². The lowest BCUT2D eigenvalue weighted by Gasteiger charge is -2.09. The van der Waals surface area contributed by atoms with Crippen LogP contribution in [0.5, 0.6) is 0 Å². The standard InChI is InChI=1S/C14H13F2N3O3S/c1-7-3-4-10(13-12(7)9(5-18-13)14(15)16)19-23(20,21)11-6-17-8(2)22-11/h3-6,14,18-19H,1-2H3. The molecule has 0 aliphatic heterocycles. The van der Waals surface area contributed by atoms with Gasteiger partial charge in [0.1, 0.15) is 0 Å². The Morgan fingerprint density at radius 2 is 2.04 bits per heavy atom. The van der Waals surface area contributed by atoms with Gasteiger partial charge in [0, 0.05) is 24.1 Å². The van der Waals surface area contributed by atoms with Crippen LogP contribution < -0.4 is 4.72 Å². The van der Waals surface area contributed by atoms with Crippen LogP contribution >= 0.6 is 0 Å². The maximum absolute atomic E-state index is 13.1. The molecule has 0 saturated heterocycles. The van der Waals surface area contributed by atoms with Crippen LogP contribution in [0.4, 0.5) is 14.5 Å². The lowest BCUT2D eigenvalue weighted by molar-refractivity contribution is 0.153. The molecule has 2 N–H and O–H groups in total. The van der Waals surface area contributed by atoms with Crippen molar-refractivity contribution < 1.29 is 21.6 Å². The minimum absolute atomic E-state index is 0.159. The summed E-state index contributed by atoms with van der Waals surface area (Å²) in [5, 5.41) is -0.0432. The molecule has 2 aromatic heterocycles. The fourth-order valence-corrected chi connectivity index (χ4v) is 3.35. The van der Waals surface area contributed by atoms with Crippen molar-refractivity contribution in [2.75, 3.05) is 4.72 Å². The van der Waals surface area contributed by atoms with Crippen LogP contribution in [0, 0.1) is 13.8 Å². The molecule has 0 spiro atoms. The Bertz CT molecular complexity index is 976. The van der Waals surface area contributed by atoms with Crippen LogP contribution in [0.2, 0.25) is 0 Å². The Hall–Kier alpha value is -2.42. The number of hydrogen-bond donors (Lipinski definition) is 2. The second kappa shape index (κ2) is 5.34. The van der Waals surface area contributed by atoms with Crippen molar-refractivity contribution >= 4 is 26.6 Å². The number of sulfonamides is 1. The minimum Gasteiger partial charge on any atom is -0.428 e. The third kappa shape index (κ3) is 2.67. The molecule has 6 nitrogen and oxygen atoms in total. The van der Waals surface area contributed by atoms with Gasteiger partial charge in [-0.25, -0.2) is 13.8 Å². The lowest BCUT2D eigenvalue weighted by atomic mass is 10.1. The first kappa shape index (κ1) is 15.5. The molecule has 0 saturated carbocycles. The number of fused-ring (bicyclic) bond motifs is 1. The van der Waals surface area contributed by atoms with Gasteiger partial charge in [-0.15, -0.1) is 0 Å². The molecule has 0 radical (unpaired) electrons. The molecule has 0 aliphatic carbocycles. The first-order valence-corrected chi connectivity index (χ1v) is 8.12. The number of rotatable bonds is 4. The molecule has 1 aromatic carbocycles. The molecule has 122 valence electrons. The number of H-pyrrole nitrogens is 1. The molecule has 3 aromatic rings. The van der Waals surface area contributed by atoms with Crippen LogP contribution in [0.15, 0.2) is 34.0 Å². The number of oxazole rings is 1. The van der Waals surface area contributed by atoms with E-state index >= 15 is 0 Å². The highest BCUT2D eigenvalue weighted by Crippen LogP contribution is 2.34. The zero-order chi connectivity index (χ0) is 16.8. The number of aromatic nitrogens is 2. The van der Waals surface area contributed by atoms with Crippen molar-refractivity contribution in [2.45, 2.75) is 25.4 Å². The number of alkyl halides is 2. The molecule has 0 aliphatic rings. The maximum Gasteiger partial charge on any atom is 0.297 e. The zero-order valence-corrected chi connectivity index (χ0v) is 13.0. The number of halogens is 2. The Kier molecular flexibility index (Phi) is 3.59. The maximum atomic E-state index is 13.1. The normalized spacial score (nSPS) is 12.2. The zero-order valence-electron chi connectivity index (χ0n) is 12.2. The van der Waals surface area contributed by atoms with Gasteiger partial charge in [-0.3, -0.25) is 4.72 Å². The average Bonchev–Trinajstić information content (AvgIpc) is 3.09. The largest absolute Gasteiger partial charge is 0.428 e. The second-order valence-electron chi connectivity index (χ2n) is 5.03. The van der Waals surface area contributed by atoms with Crippen LogP contribution in [0.1, 0.15) is 23.4 Å². The first-order chi connectivity index (χ1) is 10.8. The highest BCUT2D eigenvalue weighted by Gasteiger charge is 2.22. The van der Waals surface area contributed by atoms with Gasteiger partial charge in [-0.2, -0.15) is 8.42 Å². The summed E-state index contributed by atoms with van der Waals surface area (Å²) >= 11 is 0. The van der Waals surface area contributed by atoms with Crippen LogP contribution in [-0.4, -0.2) is 18.4 Å². The third-order valence-electron chi connectivity index (χ3n) is 3.42. The molecule has 3 rings (SSSR count). The topological polar surface area (TPSA) is 88.0 Å². The number of benzene rings is 1. The second-order valence-corrected chi connectivity index (χ2v) is 6.64. The van der Waals surface area contributed by atoms with Crippen molar-refractivity contribution in [3.05, 3.63) is 41.5 Å². The van der Waals surface area contributed by atoms with Gasteiger partial charge in [0.25, 0.3) is 21.5 Å². The fourth-order valence-electron chi connectivity index (χ4n) is 2.37. The highest BCUT2D eigenvalue weighted by molar-refractivity contribution is 7.92. The number of anilines is 1. The van der Waals surface area contributed by atoms with Gasteiger partial charge in [0.15, 0.2) is 5.89 Å². The Labute approximate surface area is 130 Å². The van der Waals surface area contributed by atoms with E-state index in [1.807, 2.05) is 0 Å². The summed E-state index contributed by atoms with van der Waals surface area (Å²) < 4.78 is 58.0. The smallest absolute Gasteiger partial charge is 0.297 e. The molecule has 0 amide bonds. The van der Waals surface area contributed by atoms with Gasteiger partial charge in [-0.05, 0) is 18.6 Å². The number of aromatic amines is 1. The van der Waals surface area contributed by atoms with Crippen LogP contribution in [0.3, 0.4) is 0 Å². The molecule has 2 heterocycles. The predicted octanol–water partition coefficient (Wildman–Crippen LogP) is 3.51. The summed E-state index contributed by atoms with van der Waals surface area (Å²) in [6, 6.07) is 3.08. The number of nitrogens with zero attached hydrogens (tertiary/aromatic N) is 1. The monoisotopic (exact) mass is 341 g/mol. The average molecular weight is 341 g/mol. The molecule has 0 unspecified atom stereocenters. The summed E-state index contributed by atoms with van der Waals surface area (Å²) in [4.78, 5) is 6.44. The van der Waals surface area contributed by atoms with Crippen LogP contribution in [0.25, 0.3) is 10.9 Å². The minimum atomic E-state index is -3.99. The molecule has 0 bridgehead atoms. The molecular formula is C14H13F2N3O3S. The summed E-state index contributed by atoms with van der Waals surface area (Å²) in [6.45, 7) is 3.20. The van der Waals surface area contributed by atoms with E-state index in [9.17, 15) is 17.2 Å². The first-order valence-electron chi connectivity index (χ1n) is 6.63. The highest BCUT2D eigenvalue weighted by atomic mass is 32.2. The van der Waals surface area contributed by atoms with Crippen molar-refractivity contribution in [1.82, 2.24) is 9.97 Å². The van der Waals surface area contributed by atoms with Crippen molar-refractivity contribution in [2.24, 2.45) is 0 Å². The Morgan fingerprint density at radius 1 is 1.30 bits per heavy atom. The Balaban J connectivity index is 2.09. The quantitative estimate of drug-likeness (QED) is 0.760. The van der Waals surface area contributed by atoms with Gasteiger partial charge in [-0.1, -0.05) is 6.07 Å². The predicted molar refractivity (Wildman–Crippen MR) is 80.0 cm³/mol. The number of nitrogens with one attached hydrogen (secondary N) is 2. The van der Waals surface area contributed by atoms with E-state index in [1.54, 1.807) is 13.0 Å². The van der Waals surface area contributed by atoms with Crippen molar-refractivity contribution in [3.8, 4) is 0 Å². The van der Waals surface area contributed by atoms with E-state index in [-0.39, 0.29) is 22.2 Å². The fraction of sp³-hybridized carbons (Fsp3) is 0.214. The summed E-state index contributed by atoms with van der Waals surface area (Å²) in [6.07, 6.45) is -0.396. The summed E-state index contributed by atoms with van der Waals surface area (Å²) in [7, 11) is -3.99.